The first-order valence-corrected chi connectivity index (χ1v) is 30.2. The van der Waals surface area contributed by atoms with E-state index in [0.717, 1.165) is 95.5 Å². The Morgan fingerprint density at radius 2 is 1.75 bits per heavy atom. The van der Waals surface area contributed by atoms with Gasteiger partial charge in [-0.15, -0.1) is 11.3 Å². The summed E-state index contributed by atoms with van der Waals surface area (Å²) in [5.74, 6) is -0.296. The summed E-state index contributed by atoms with van der Waals surface area (Å²) < 4.78 is 32.2. The number of phenolic OH excluding ortho intramolecular Hbond substituents is 1. The Hall–Kier alpha value is -7.13. The van der Waals surface area contributed by atoms with Crippen LogP contribution in [-0.4, -0.2) is 147 Å². The minimum absolute atomic E-state index is 0.0592. The van der Waals surface area contributed by atoms with Gasteiger partial charge in [-0.2, -0.15) is 9.97 Å². The number of halogens is 1. The minimum Gasteiger partial charge on any atom is -0.508 e. The Kier molecular flexibility index (Phi) is 18.6. The monoisotopic (exact) mass is 1150 g/mol. The van der Waals surface area contributed by atoms with Crippen LogP contribution in [0.3, 0.4) is 0 Å². The van der Waals surface area contributed by atoms with E-state index in [9.17, 15) is 19.5 Å². The first kappa shape index (κ1) is 59.0. The molecule has 12 rings (SSSR count). The molecule has 7 aromatic rings. The number of carbonyl (C=O) groups excluding carboxylic acids is 3. The number of anilines is 1. The van der Waals surface area contributed by atoms with E-state index in [4.69, 9.17) is 14.0 Å². The van der Waals surface area contributed by atoms with Gasteiger partial charge in [0.05, 0.1) is 47.8 Å². The fraction of sp³-hybridized carbons (Fsp3) is 0.492. The van der Waals surface area contributed by atoms with Crippen LogP contribution >= 0.6 is 11.3 Å². The van der Waals surface area contributed by atoms with Crippen LogP contribution in [0.1, 0.15) is 119 Å². The van der Waals surface area contributed by atoms with Gasteiger partial charge in [0, 0.05) is 75.8 Å². The molecule has 5 saturated heterocycles. The predicted molar refractivity (Wildman–Crippen MR) is 320 cm³/mol. The predicted octanol–water partition coefficient (Wildman–Crippen LogP) is 9.76. The number of thiazole rings is 1. The molecule has 440 valence electrons. The molecular formula is C63H78FN11O7S. The van der Waals surface area contributed by atoms with Crippen LogP contribution in [-0.2, 0) is 32.1 Å². The van der Waals surface area contributed by atoms with E-state index in [-0.39, 0.29) is 46.7 Å². The highest BCUT2D eigenvalue weighted by Gasteiger charge is 2.41. The molecule has 83 heavy (non-hydrogen) atoms. The number of carbonyl (C=O) groups is 3. The summed E-state index contributed by atoms with van der Waals surface area (Å²) in [6.45, 7) is 14.6. The van der Waals surface area contributed by atoms with E-state index in [0.29, 0.717) is 66.2 Å². The molecule has 0 aliphatic carbocycles. The number of ether oxygens (including phenoxy) is 2. The minimum atomic E-state index is -0.564. The lowest BCUT2D eigenvalue weighted by Crippen LogP contribution is -2.51. The summed E-state index contributed by atoms with van der Waals surface area (Å²) in [6, 6.07) is 20.9. The maximum Gasteiger partial charge on any atom is 0.318 e. The molecule has 3 aromatic carbocycles. The highest BCUT2D eigenvalue weighted by atomic mass is 32.1. The molecule has 2 bridgehead atoms. The molecule has 20 heteroatoms. The Bertz CT molecular complexity index is 3400. The zero-order chi connectivity index (χ0) is 58.5. The number of pyridine rings is 1. The van der Waals surface area contributed by atoms with Crippen molar-refractivity contribution >= 4 is 57.1 Å². The Morgan fingerprint density at radius 1 is 0.976 bits per heavy atom. The maximum absolute atomic E-state index is 16.2. The number of nitrogens with one attached hydrogen (secondary N) is 2. The zero-order valence-electron chi connectivity index (χ0n) is 48.9. The summed E-state index contributed by atoms with van der Waals surface area (Å²) >= 11 is 1.61. The molecule has 7 unspecified atom stereocenters. The zero-order valence-corrected chi connectivity index (χ0v) is 49.8. The van der Waals surface area contributed by atoms with Crippen molar-refractivity contribution in [1.82, 2.24) is 50.4 Å². The number of aromatic hydroxyl groups is 1. The number of hydrogen-bond acceptors (Lipinski definition) is 16. The SMILES string of the molecule is CCc1cccc2cc(O)cc(-c3ncc4c(N5CC6CCC(C5)N6)nc(OC)nc4c3F)c12.COCC1CCC2CCCN21.Cc1ncsc1-c1ccc(C(C)NC(=O)C2CCCN2C(=O)C(c2cc(CN(C)C=O)no2)C(C)C)cc1. The van der Waals surface area contributed by atoms with Crippen molar-refractivity contribution in [3.8, 4) is 33.5 Å². The van der Waals surface area contributed by atoms with Crippen LogP contribution in [0, 0.1) is 18.7 Å². The van der Waals surface area contributed by atoms with Crippen LogP contribution in [0.15, 0.2) is 76.9 Å². The van der Waals surface area contributed by atoms with E-state index in [1.165, 1.54) is 44.2 Å². The molecule has 7 atom stereocenters. The molecular weight excluding hydrogens is 1070 g/mol. The van der Waals surface area contributed by atoms with Crippen LogP contribution in [0.25, 0.3) is 43.4 Å². The first-order valence-electron chi connectivity index (χ1n) is 29.3. The number of likely N-dealkylation sites (tertiary alicyclic amines) is 1. The third-order valence-electron chi connectivity index (χ3n) is 17.1. The van der Waals surface area contributed by atoms with Crippen LogP contribution in [0.2, 0.25) is 0 Å². The number of hydrogen-bond donors (Lipinski definition) is 3. The van der Waals surface area contributed by atoms with Gasteiger partial charge in [0.1, 0.15) is 46.2 Å². The third kappa shape index (κ3) is 12.9. The third-order valence-corrected chi connectivity index (χ3v) is 18.1. The molecule has 3 amide bonds. The van der Waals surface area contributed by atoms with Crippen molar-refractivity contribution in [2.24, 2.45) is 5.92 Å². The normalized spacial score (nSPS) is 20.9. The summed E-state index contributed by atoms with van der Waals surface area (Å²) in [5.41, 5.74) is 7.45. The molecule has 0 saturated carbocycles. The molecule has 5 aliphatic rings. The largest absolute Gasteiger partial charge is 0.508 e. The lowest BCUT2D eigenvalue weighted by Gasteiger charge is -2.34. The van der Waals surface area contributed by atoms with E-state index < -0.39 is 17.8 Å². The van der Waals surface area contributed by atoms with Gasteiger partial charge in [0.15, 0.2) is 5.82 Å². The molecule has 3 N–H and O–H groups in total. The molecule has 4 aromatic heterocycles. The standard InChI is InChI=1S/C28H35N5O4S.C26H26FN5O2.C9H17NO/c1-17(2)25(24-13-22(31-37-24)14-32(5)16-34)28(36)33-12-6-7-23(33)27(35)30-18(3)20-8-10-21(11-9-20)26-19(4)29-15-38-26;1-3-14-5-4-6-15-9-18(33)10-19(21(14)15)23-22(27)24-20(11-28-23)25(31-26(30-24)34-2)32-12-16-7-8-17(13-32)29-16;1-11-7-9-5-4-8-3-2-6-10(8)9/h8-11,13,15-18,23,25H,6-7,12,14H2,1-5H3,(H,30,35);4-6,9-11,16-17,29,33H,3,7-8,12-13H2,1-2H3;8-9H,2-7H2,1H3. The van der Waals surface area contributed by atoms with Gasteiger partial charge >= 0.3 is 6.01 Å². The number of benzene rings is 3. The number of aromatic nitrogens is 5. The van der Waals surface area contributed by atoms with E-state index in [1.807, 2.05) is 70.6 Å². The molecule has 5 aliphatic heterocycles. The molecule has 0 spiro atoms. The van der Waals surface area contributed by atoms with Crippen molar-refractivity contribution < 1.29 is 37.9 Å². The topological polar surface area (TPSA) is 205 Å². The average Bonchev–Trinajstić information content (AvgIpc) is 2.82. The average molecular weight is 1150 g/mol. The summed E-state index contributed by atoms with van der Waals surface area (Å²) in [5, 5.41) is 23.4. The second-order valence-corrected chi connectivity index (χ2v) is 24.0. The second kappa shape index (κ2) is 26.2. The number of amides is 3. The number of methoxy groups -OCH3 is 2. The van der Waals surface area contributed by atoms with Crippen molar-refractivity contribution in [2.45, 2.75) is 141 Å². The Labute approximate surface area is 489 Å². The van der Waals surface area contributed by atoms with Crippen molar-refractivity contribution in [3.63, 3.8) is 0 Å². The molecule has 5 fully saturated rings. The quantitative estimate of drug-likeness (QED) is 0.0771. The Morgan fingerprint density at radius 3 is 2.45 bits per heavy atom. The number of phenols is 1. The van der Waals surface area contributed by atoms with E-state index in [2.05, 4.69) is 64.6 Å². The fourth-order valence-corrected chi connectivity index (χ4v) is 13.8. The van der Waals surface area contributed by atoms with Crippen LogP contribution < -0.4 is 20.3 Å². The van der Waals surface area contributed by atoms with Crippen LogP contribution in [0.4, 0.5) is 10.2 Å². The van der Waals surface area contributed by atoms with Crippen LogP contribution in [0.5, 0.6) is 11.8 Å². The van der Waals surface area contributed by atoms with Crippen molar-refractivity contribution in [3.05, 3.63) is 106 Å². The summed E-state index contributed by atoms with van der Waals surface area (Å²) in [4.78, 5) is 65.0. The van der Waals surface area contributed by atoms with Gasteiger partial charge in [0.2, 0.25) is 18.2 Å². The maximum atomic E-state index is 16.2. The van der Waals surface area contributed by atoms with Gasteiger partial charge in [-0.3, -0.25) is 24.3 Å². The van der Waals surface area contributed by atoms with Gasteiger partial charge in [-0.1, -0.05) is 68.4 Å². The smallest absolute Gasteiger partial charge is 0.318 e. The van der Waals surface area contributed by atoms with Crippen molar-refractivity contribution in [2.75, 3.05) is 59.0 Å². The second-order valence-electron chi connectivity index (χ2n) is 23.1. The molecule has 9 heterocycles. The van der Waals surface area contributed by atoms with Gasteiger partial charge in [-0.05, 0) is 124 Å². The Balaban J connectivity index is 0.000000157. The first-order chi connectivity index (χ1) is 40.2. The summed E-state index contributed by atoms with van der Waals surface area (Å²) in [7, 11) is 4.95. The lowest BCUT2D eigenvalue weighted by molar-refractivity contribution is -0.141. The molecule has 18 nitrogen and oxygen atoms in total. The number of aryl methyl sites for hydroxylation is 2. The highest BCUT2D eigenvalue weighted by molar-refractivity contribution is 7.13. The fourth-order valence-electron chi connectivity index (χ4n) is 13.0. The highest BCUT2D eigenvalue weighted by Crippen LogP contribution is 2.40. The van der Waals surface area contributed by atoms with Gasteiger partial charge in [0.25, 0.3) is 0 Å². The number of piperazine rings is 1. The number of rotatable bonds is 16. The number of fused-ring (bicyclic) bond motifs is 5. The van der Waals surface area contributed by atoms with Gasteiger partial charge in [-0.25, -0.2) is 9.37 Å². The van der Waals surface area contributed by atoms with E-state index >= 15 is 4.39 Å². The number of nitrogens with zero attached hydrogens (tertiary/aromatic N) is 9. The van der Waals surface area contributed by atoms with E-state index in [1.54, 1.807) is 47.7 Å². The summed E-state index contributed by atoms with van der Waals surface area (Å²) in [6.07, 6.45) is 12.4. The van der Waals surface area contributed by atoms with Gasteiger partial charge < -0.3 is 44.4 Å². The lowest BCUT2D eigenvalue weighted by atomic mass is 9.91. The molecule has 0 radical (unpaired) electrons. The van der Waals surface area contributed by atoms with Crippen molar-refractivity contribution in [1.29, 1.82) is 0 Å².